The highest BCUT2D eigenvalue weighted by Crippen LogP contribution is 2.50. The molecule has 0 atom stereocenters. The number of hydrogen-bond acceptors (Lipinski definition) is 2. The number of alkyl halides is 1. The molecule has 4 heteroatoms. The van der Waals surface area contributed by atoms with Crippen LogP contribution in [0.3, 0.4) is 0 Å². The minimum Gasteiger partial charge on any atom is -0.490 e. The molecule has 0 amide bonds. The van der Waals surface area contributed by atoms with E-state index in [1.807, 2.05) is 30.8 Å². The summed E-state index contributed by atoms with van der Waals surface area (Å²) in [6.45, 7) is 1.98. The fourth-order valence-electron chi connectivity index (χ4n) is 3.83. The van der Waals surface area contributed by atoms with Gasteiger partial charge in [0, 0.05) is 5.56 Å². The van der Waals surface area contributed by atoms with E-state index in [0.717, 1.165) is 48.1 Å². The molecule has 0 spiro atoms. The van der Waals surface area contributed by atoms with Crippen LogP contribution in [0.5, 0.6) is 5.75 Å². The molecule has 4 rings (SSSR count). The summed E-state index contributed by atoms with van der Waals surface area (Å²) in [5.41, 5.74) is 3.74. The van der Waals surface area contributed by atoms with E-state index in [0.29, 0.717) is 18.8 Å². The van der Waals surface area contributed by atoms with Gasteiger partial charge in [-0.15, -0.1) is 0 Å². The van der Waals surface area contributed by atoms with Crippen LogP contribution in [-0.4, -0.2) is 26.7 Å². The normalized spacial score (nSPS) is 30.2. The van der Waals surface area contributed by atoms with Gasteiger partial charge in [-0.1, -0.05) is 11.8 Å². The summed E-state index contributed by atoms with van der Waals surface area (Å²) in [5, 5.41) is 0.196. The van der Waals surface area contributed by atoms with Gasteiger partial charge in [0.05, 0.1) is 6.10 Å². The molecule has 0 unspecified atom stereocenters. The van der Waals surface area contributed by atoms with E-state index in [9.17, 15) is 9.18 Å². The van der Waals surface area contributed by atoms with Crippen LogP contribution in [0.25, 0.3) is 6.08 Å². The Hall–Kier alpha value is -1.42. The Bertz CT molecular complexity index is 670. The molecule has 1 aromatic rings. The van der Waals surface area contributed by atoms with Crippen LogP contribution in [0, 0.1) is 12.8 Å². The summed E-state index contributed by atoms with van der Waals surface area (Å²) in [6.07, 6.45) is 7.07. The average Bonchev–Trinajstić information content (AvgIpc) is 3.37. The fraction of sp³-hybridized carbons (Fsp3) is 0.526. The van der Waals surface area contributed by atoms with Crippen LogP contribution >= 0.6 is 0 Å². The molecule has 23 heavy (non-hydrogen) atoms. The van der Waals surface area contributed by atoms with Gasteiger partial charge in [-0.05, 0) is 74.6 Å². The van der Waals surface area contributed by atoms with Crippen molar-refractivity contribution in [2.75, 3.05) is 0 Å². The van der Waals surface area contributed by atoms with Crippen LogP contribution < -0.4 is 4.74 Å². The van der Waals surface area contributed by atoms with Crippen LogP contribution in [0.2, 0.25) is 0 Å². The van der Waals surface area contributed by atoms with Gasteiger partial charge < -0.3 is 9.53 Å². The minimum absolute atomic E-state index is 0.0968. The van der Waals surface area contributed by atoms with E-state index in [1.165, 1.54) is 0 Å². The third kappa shape index (κ3) is 2.89. The Kier molecular flexibility index (Phi) is 3.67. The molecule has 3 aliphatic rings. The molecule has 2 radical (unpaired) electrons. The van der Waals surface area contributed by atoms with E-state index >= 15 is 0 Å². The molecule has 2 saturated carbocycles. The number of halogens is 1. The zero-order valence-corrected chi connectivity index (χ0v) is 14.4. The Morgan fingerprint density at radius 3 is 2.65 bits per heavy atom. The molecule has 1 aromatic carbocycles. The van der Waals surface area contributed by atoms with Crippen LogP contribution in [0.15, 0.2) is 17.8 Å². The van der Waals surface area contributed by atoms with Crippen LogP contribution in [0.1, 0.15) is 60.0 Å². The van der Waals surface area contributed by atoms with Crippen molar-refractivity contribution in [3.8, 4) is 5.75 Å². The Balaban J connectivity index is 1.47. The standard InChI is InChI=1S/C19H21FO2Si/c1-12-10-16-13(6-9-23-18(16)21)11-17(12)22-15-4-7-19(20,8-5-15)14-2-3-14/h6,9-11,14-15H,2-5,7-8H2,1H3. The molecule has 0 bridgehead atoms. The zero-order valence-electron chi connectivity index (χ0n) is 13.4. The SMILES string of the molecule is Cc1cc2c(cc1OC1CCC(F)(C3CC3)CC1)C=C[Si]C2=O. The second kappa shape index (κ2) is 5.59. The van der Waals surface area contributed by atoms with Gasteiger partial charge in [0.25, 0.3) is 0 Å². The van der Waals surface area contributed by atoms with Crippen molar-refractivity contribution >= 4 is 21.0 Å². The van der Waals surface area contributed by atoms with Gasteiger partial charge in [0.1, 0.15) is 16.8 Å². The summed E-state index contributed by atoms with van der Waals surface area (Å²) in [6, 6.07) is 3.91. The molecule has 2 fully saturated rings. The number of hydrogen-bond donors (Lipinski definition) is 0. The Labute approximate surface area is 138 Å². The number of ether oxygens (including phenoxy) is 1. The number of carbonyl (C=O) groups excluding carboxylic acids is 1. The van der Waals surface area contributed by atoms with Crippen LogP contribution in [-0.2, 0) is 0 Å². The van der Waals surface area contributed by atoms with Crippen molar-refractivity contribution in [3.63, 3.8) is 0 Å². The first-order valence-electron chi connectivity index (χ1n) is 8.53. The van der Waals surface area contributed by atoms with E-state index in [-0.39, 0.29) is 21.0 Å². The predicted octanol–water partition coefficient (Wildman–Crippen LogP) is 4.26. The average molecular weight is 328 g/mol. The third-order valence-corrected chi connectivity index (χ3v) is 6.30. The lowest BCUT2D eigenvalue weighted by Crippen LogP contribution is -2.35. The quantitative estimate of drug-likeness (QED) is 0.775. The fourth-order valence-corrected chi connectivity index (χ4v) is 4.61. The number of fused-ring (bicyclic) bond motifs is 1. The topological polar surface area (TPSA) is 26.3 Å². The van der Waals surface area contributed by atoms with Crippen molar-refractivity contribution in [2.45, 2.75) is 57.2 Å². The molecular weight excluding hydrogens is 307 g/mol. The Morgan fingerprint density at radius 1 is 1.22 bits per heavy atom. The van der Waals surface area contributed by atoms with Crippen molar-refractivity contribution in [3.05, 3.63) is 34.5 Å². The molecule has 120 valence electrons. The number of rotatable bonds is 3. The first kappa shape index (κ1) is 15.1. The minimum atomic E-state index is -0.930. The van der Waals surface area contributed by atoms with Gasteiger partial charge in [0.15, 0.2) is 9.52 Å². The Morgan fingerprint density at radius 2 is 1.96 bits per heavy atom. The largest absolute Gasteiger partial charge is 0.490 e. The molecule has 0 N–H and O–H groups in total. The maximum atomic E-state index is 14.7. The highest BCUT2D eigenvalue weighted by Gasteiger charge is 2.47. The molecule has 2 aliphatic carbocycles. The van der Waals surface area contributed by atoms with Gasteiger partial charge in [-0.3, -0.25) is 0 Å². The van der Waals surface area contributed by atoms with Crippen molar-refractivity contribution in [2.24, 2.45) is 5.92 Å². The lowest BCUT2D eigenvalue weighted by molar-refractivity contribution is 0.0288. The van der Waals surface area contributed by atoms with Gasteiger partial charge >= 0.3 is 0 Å². The summed E-state index contributed by atoms with van der Waals surface area (Å²) in [7, 11) is 0.236. The van der Waals surface area contributed by atoms with Crippen LogP contribution in [0.4, 0.5) is 4.39 Å². The van der Waals surface area contributed by atoms with Gasteiger partial charge in [-0.2, -0.15) is 0 Å². The number of aryl methyl sites for hydroxylation is 1. The molecule has 1 aliphatic heterocycles. The summed E-state index contributed by atoms with van der Waals surface area (Å²) >= 11 is 0. The molecule has 1 heterocycles. The lowest BCUT2D eigenvalue weighted by atomic mass is 9.81. The molecule has 0 aromatic heterocycles. The highest BCUT2D eigenvalue weighted by atomic mass is 28.2. The summed E-state index contributed by atoms with van der Waals surface area (Å²) in [4.78, 5) is 12.0. The third-order valence-electron chi connectivity index (χ3n) is 5.44. The lowest BCUT2D eigenvalue weighted by Gasteiger charge is -2.34. The maximum absolute atomic E-state index is 14.7. The molecular formula is C19H21FO2Si. The summed E-state index contributed by atoms with van der Waals surface area (Å²) < 4.78 is 20.9. The van der Waals surface area contributed by atoms with E-state index in [2.05, 4.69) is 0 Å². The van der Waals surface area contributed by atoms with E-state index in [4.69, 9.17) is 4.74 Å². The van der Waals surface area contributed by atoms with Crippen molar-refractivity contribution in [1.29, 1.82) is 0 Å². The highest BCUT2D eigenvalue weighted by molar-refractivity contribution is 6.82. The second-order valence-electron chi connectivity index (χ2n) is 7.14. The molecule has 2 nitrogen and oxygen atoms in total. The number of carbonyl (C=O) groups is 1. The smallest absolute Gasteiger partial charge is 0.170 e. The first-order valence-corrected chi connectivity index (χ1v) is 9.60. The predicted molar refractivity (Wildman–Crippen MR) is 89.7 cm³/mol. The monoisotopic (exact) mass is 328 g/mol. The van der Waals surface area contributed by atoms with E-state index < -0.39 is 5.67 Å². The molecule has 0 saturated heterocycles. The first-order chi connectivity index (χ1) is 11.0. The number of benzene rings is 1. The van der Waals surface area contributed by atoms with Gasteiger partial charge in [-0.25, -0.2) is 4.39 Å². The second-order valence-corrected chi connectivity index (χ2v) is 8.21. The summed E-state index contributed by atoms with van der Waals surface area (Å²) in [5.74, 6) is 1.15. The van der Waals surface area contributed by atoms with E-state index in [1.54, 1.807) is 0 Å². The maximum Gasteiger partial charge on any atom is 0.170 e. The van der Waals surface area contributed by atoms with Gasteiger partial charge in [0.2, 0.25) is 0 Å². The van der Waals surface area contributed by atoms with Crippen molar-refractivity contribution < 1.29 is 13.9 Å². The zero-order chi connectivity index (χ0) is 16.0. The van der Waals surface area contributed by atoms with Crippen molar-refractivity contribution in [1.82, 2.24) is 0 Å².